The van der Waals surface area contributed by atoms with Gasteiger partial charge >= 0.3 is 5.69 Å². The Kier molecular flexibility index (Phi) is 6.81. The molecule has 0 saturated heterocycles. The predicted octanol–water partition coefficient (Wildman–Crippen LogP) is 2.53. The molecule has 160 valence electrons. The van der Waals surface area contributed by atoms with Crippen molar-refractivity contribution in [2.45, 2.75) is 44.8 Å². The summed E-state index contributed by atoms with van der Waals surface area (Å²) >= 11 is 1.26. The van der Waals surface area contributed by atoms with Crippen molar-refractivity contribution in [1.29, 1.82) is 0 Å². The topological polar surface area (TPSA) is 90.9 Å². The maximum absolute atomic E-state index is 12.7. The van der Waals surface area contributed by atoms with Gasteiger partial charge in [-0.1, -0.05) is 44.2 Å². The van der Waals surface area contributed by atoms with Gasteiger partial charge in [0.2, 0.25) is 5.91 Å². The lowest BCUT2D eigenvalue weighted by molar-refractivity contribution is -0.113. The lowest BCUT2D eigenvalue weighted by atomic mass is 10.1. The average Bonchev–Trinajstić information content (AvgIpc) is 3.12. The minimum Gasteiger partial charge on any atom is -0.325 e. The molecular formula is C21H27N5O3S. The number of anilines is 1. The number of amides is 1. The van der Waals surface area contributed by atoms with Crippen molar-refractivity contribution in [2.24, 2.45) is 14.1 Å². The summed E-state index contributed by atoms with van der Waals surface area (Å²) in [6.07, 6.45) is 2.76. The Hall–Kier alpha value is -2.81. The highest BCUT2D eigenvalue weighted by atomic mass is 32.2. The zero-order valence-electron chi connectivity index (χ0n) is 17.8. The number of aromatic nitrogens is 4. The van der Waals surface area contributed by atoms with Crippen molar-refractivity contribution in [3.05, 3.63) is 50.7 Å². The fraction of sp³-hybridized carbons (Fsp3) is 0.429. The molecule has 0 fully saturated rings. The van der Waals surface area contributed by atoms with Crippen molar-refractivity contribution in [3.63, 3.8) is 0 Å². The number of nitrogens with one attached hydrogen (secondary N) is 1. The van der Waals surface area contributed by atoms with Gasteiger partial charge in [0, 0.05) is 26.3 Å². The molecule has 0 spiro atoms. The van der Waals surface area contributed by atoms with Gasteiger partial charge < -0.3 is 9.88 Å². The maximum Gasteiger partial charge on any atom is 0.332 e. The van der Waals surface area contributed by atoms with E-state index in [0.29, 0.717) is 22.9 Å². The van der Waals surface area contributed by atoms with Crippen LogP contribution in [0.4, 0.5) is 5.69 Å². The zero-order chi connectivity index (χ0) is 21.8. The van der Waals surface area contributed by atoms with Crippen molar-refractivity contribution in [2.75, 3.05) is 11.1 Å². The van der Waals surface area contributed by atoms with Crippen LogP contribution in [0.2, 0.25) is 0 Å². The molecule has 0 aliphatic heterocycles. The number of benzene rings is 1. The monoisotopic (exact) mass is 429 g/mol. The molecule has 0 aliphatic carbocycles. The number of rotatable bonds is 8. The Morgan fingerprint density at radius 1 is 1.10 bits per heavy atom. The van der Waals surface area contributed by atoms with Gasteiger partial charge in [0.05, 0.1) is 5.75 Å². The second-order valence-electron chi connectivity index (χ2n) is 7.16. The summed E-state index contributed by atoms with van der Waals surface area (Å²) in [5, 5.41) is 3.45. The SMILES string of the molecule is CCCCn1c(SCC(=O)Nc2ccc(CC)cc2)nc2c1c(=O)n(C)c(=O)n2C. The Morgan fingerprint density at radius 2 is 1.80 bits per heavy atom. The van der Waals surface area contributed by atoms with E-state index in [-0.39, 0.29) is 17.2 Å². The zero-order valence-corrected chi connectivity index (χ0v) is 18.6. The lowest BCUT2D eigenvalue weighted by Crippen LogP contribution is -2.37. The fourth-order valence-corrected chi connectivity index (χ4v) is 4.03. The van der Waals surface area contributed by atoms with Gasteiger partial charge in [-0.2, -0.15) is 0 Å². The standard InChI is InChI=1S/C21H27N5O3S/c1-5-7-12-26-17-18(24(3)21(29)25(4)19(17)28)23-20(26)30-13-16(27)22-15-10-8-14(6-2)9-11-15/h8-11H,5-7,12-13H2,1-4H3,(H,22,27). The molecule has 3 rings (SSSR count). The van der Waals surface area contributed by atoms with Gasteiger partial charge in [0.25, 0.3) is 5.56 Å². The molecule has 0 atom stereocenters. The number of carbonyl (C=O) groups is 1. The van der Waals surface area contributed by atoms with Crippen LogP contribution in [0.1, 0.15) is 32.3 Å². The van der Waals surface area contributed by atoms with E-state index in [9.17, 15) is 14.4 Å². The van der Waals surface area contributed by atoms with Gasteiger partial charge in [0.1, 0.15) is 0 Å². The number of nitrogens with zero attached hydrogens (tertiary/aromatic N) is 4. The largest absolute Gasteiger partial charge is 0.332 e. The third-order valence-corrected chi connectivity index (χ3v) is 6.00. The summed E-state index contributed by atoms with van der Waals surface area (Å²) in [6.45, 7) is 4.75. The minimum atomic E-state index is -0.419. The first-order chi connectivity index (χ1) is 14.4. The first-order valence-electron chi connectivity index (χ1n) is 10.0. The van der Waals surface area contributed by atoms with E-state index in [2.05, 4.69) is 24.1 Å². The highest BCUT2D eigenvalue weighted by Crippen LogP contribution is 2.22. The van der Waals surface area contributed by atoms with E-state index in [4.69, 9.17) is 0 Å². The molecule has 30 heavy (non-hydrogen) atoms. The Bertz CT molecular complexity index is 1170. The van der Waals surface area contributed by atoms with Crippen molar-refractivity contribution in [3.8, 4) is 0 Å². The van der Waals surface area contributed by atoms with Crippen LogP contribution in [-0.4, -0.2) is 30.3 Å². The van der Waals surface area contributed by atoms with Crippen molar-refractivity contribution < 1.29 is 4.79 Å². The van der Waals surface area contributed by atoms with Crippen molar-refractivity contribution >= 4 is 34.5 Å². The molecule has 8 nitrogen and oxygen atoms in total. The van der Waals surface area contributed by atoms with Crippen LogP contribution in [0.15, 0.2) is 39.0 Å². The molecule has 1 aromatic carbocycles. The van der Waals surface area contributed by atoms with Crippen LogP contribution < -0.4 is 16.6 Å². The molecule has 0 radical (unpaired) electrons. The van der Waals surface area contributed by atoms with E-state index in [1.807, 2.05) is 28.8 Å². The number of hydrogen-bond donors (Lipinski definition) is 1. The highest BCUT2D eigenvalue weighted by Gasteiger charge is 2.19. The second kappa shape index (κ2) is 9.34. The van der Waals surface area contributed by atoms with Crippen LogP contribution in [0.5, 0.6) is 0 Å². The number of imidazole rings is 1. The predicted molar refractivity (Wildman–Crippen MR) is 120 cm³/mol. The third kappa shape index (κ3) is 4.35. The average molecular weight is 430 g/mol. The van der Waals surface area contributed by atoms with Crippen LogP contribution in [-0.2, 0) is 31.9 Å². The number of unbranched alkanes of at least 4 members (excludes halogenated alkanes) is 1. The van der Waals surface area contributed by atoms with Crippen LogP contribution in [0.3, 0.4) is 0 Å². The second-order valence-corrected chi connectivity index (χ2v) is 8.11. The highest BCUT2D eigenvalue weighted by molar-refractivity contribution is 7.99. The molecule has 1 N–H and O–H groups in total. The third-order valence-electron chi connectivity index (χ3n) is 5.03. The lowest BCUT2D eigenvalue weighted by Gasteiger charge is -2.09. The molecule has 0 unspecified atom stereocenters. The van der Waals surface area contributed by atoms with E-state index in [1.54, 1.807) is 7.05 Å². The van der Waals surface area contributed by atoms with Crippen LogP contribution in [0.25, 0.3) is 11.2 Å². The molecular weight excluding hydrogens is 402 g/mol. The van der Waals surface area contributed by atoms with Crippen LogP contribution >= 0.6 is 11.8 Å². The number of hydrogen-bond acceptors (Lipinski definition) is 5. The Balaban J connectivity index is 1.86. The van der Waals surface area contributed by atoms with E-state index in [1.165, 1.54) is 28.9 Å². The minimum absolute atomic E-state index is 0.152. The number of fused-ring (bicyclic) bond motifs is 1. The first kappa shape index (κ1) is 21.9. The summed E-state index contributed by atoms with van der Waals surface area (Å²) in [7, 11) is 3.06. The quantitative estimate of drug-likeness (QED) is 0.556. The molecule has 0 aliphatic rings. The van der Waals surface area contributed by atoms with Gasteiger partial charge in [-0.05, 0) is 30.5 Å². The fourth-order valence-electron chi connectivity index (χ4n) is 3.21. The summed E-state index contributed by atoms with van der Waals surface area (Å²) in [4.78, 5) is 41.9. The molecule has 0 saturated carbocycles. The summed E-state index contributed by atoms with van der Waals surface area (Å²) in [6, 6.07) is 7.75. The first-order valence-corrected chi connectivity index (χ1v) is 11.0. The van der Waals surface area contributed by atoms with Crippen molar-refractivity contribution in [1.82, 2.24) is 18.7 Å². The Morgan fingerprint density at radius 3 is 2.43 bits per heavy atom. The smallest absolute Gasteiger partial charge is 0.325 e. The Labute approximate surface area is 178 Å². The molecule has 9 heteroatoms. The van der Waals surface area contributed by atoms with Gasteiger partial charge in [-0.25, -0.2) is 9.78 Å². The summed E-state index contributed by atoms with van der Waals surface area (Å²) < 4.78 is 4.29. The van der Waals surface area contributed by atoms with Gasteiger partial charge in [-0.15, -0.1) is 0 Å². The van der Waals surface area contributed by atoms with E-state index in [0.717, 1.165) is 29.5 Å². The van der Waals surface area contributed by atoms with Gasteiger partial charge in [0.15, 0.2) is 16.3 Å². The normalized spacial score (nSPS) is 11.2. The van der Waals surface area contributed by atoms with E-state index >= 15 is 0 Å². The summed E-state index contributed by atoms with van der Waals surface area (Å²) in [5.74, 6) is -0.000629. The molecule has 0 bridgehead atoms. The molecule has 2 aromatic heterocycles. The van der Waals surface area contributed by atoms with Crippen LogP contribution in [0, 0.1) is 0 Å². The molecule has 1 amide bonds. The summed E-state index contributed by atoms with van der Waals surface area (Å²) in [5.41, 5.74) is 1.90. The molecule has 3 aromatic rings. The van der Waals surface area contributed by atoms with E-state index < -0.39 is 5.69 Å². The number of aryl methyl sites for hydroxylation is 3. The maximum atomic E-state index is 12.7. The van der Waals surface area contributed by atoms with Gasteiger partial charge in [-0.3, -0.25) is 18.7 Å². The molecule has 2 heterocycles. The number of carbonyl (C=O) groups excluding carboxylic acids is 1. The number of thioether (sulfide) groups is 1.